The summed E-state index contributed by atoms with van der Waals surface area (Å²) in [5.41, 5.74) is 1.19. The van der Waals surface area contributed by atoms with Gasteiger partial charge in [0, 0.05) is 19.2 Å². The number of unbranched alkanes of at least 4 members (excludes halogenated alkanes) is 11. The van der Waals surface area contributed by atoms with Crippen LogP contribution < -0.4 is 4.74 Å². The zero-order valence-electron chi connectivity index (χ0n) is 17.7. The maximum absolute atomic E-state index is 5.89. The van der Waals surface area contributed by atoms with E-state index >= 15 is 0 Å². The zero-order valence-corrected chi connectivity index (χ0v) is 17.7. The van der Waals surface area contributed by atoms with Crippen LogP contribution in [0.15, 0.2) is 29.3 Å². The summed E-state index contributed by atoms with van der Waals surface area (Å²) in [6, 6.07) is 8.39. The molecule has 0 bridgehead atoms. The second-order valence-corrected chi connectivity index (χ2v) is 7.89. The number of aliphatic imine (C=N–C) groups is 1. The Bertz CT molecular complexity index is 524. The second kappa shape index (κ2) is 13.6. The normalized spacial score (nSPS) is 13.9. The Morgan fingerprint density at radius 1 is 0.815 bits per heavy atom. The molecule has 0 aliphatic carbocycles. The zero-order chi connectivity index (χ0) is 19.2. The van der Waals surface area contributed by atoms with E-state index < -0.39 is 0 Å². The van der Waals surface area contributed by atoms with E-state index in [9.17, 15) is 0 Å². The van der Waals surface area contributed by atoms with Gasteiger partial charge in [0.25, 0.3) is 0 Å². The average Bonchev–Trinajstić information content (AvgIpc) is 3.12. The van der Waals surface area contributed by atoms with Crippen LogP contribution in [-0.2, 0) is 0 Å². The molecule has 1 heterocycles. The first-order chi connectivity index (χ1) is 13.3. The third-order valence-corrected chi connectivity index (χ3v) is 5.44. The minimum atomic E-state index is 0.831. The molecular weight excluding hydrogens is 332 g/mol. The van der Waals surface area contributed by atoms with E-state index in [2.05, 4.69) is 48.1 Å². The summed E-state index contributed by atoms with van der Waals surface area (Å²) in [6.45, 7) is 5.04. The summed E-state index contributed by atoms with van der Waals surface area (Å²) < 4.78 is 5.89. The molecule has 0 atom stereocenters. The van der Waals surface area contributed by atoms with Crippen LogP contribution in [-0.4, -0.2) is 37.5 Å². The van der Waals surface area contributed by atoms with Crippen LogP contribution in [0.5, 0.6) is 5.75 Å². The van der Waals surface area contributed by atoms with Crippen LogP contribution in [0.2, 0.25) is 0 Å². The highest BCUT2D eigenvalue weighted by atomic mass is 16.5. The van der Waals surface area contributed by atoms with Gasteiger partial charge in [-0.25, -0.2) is 0 Å². The fourth-order valence-corrected chi connectivity index (χ4v) is 3.68. The molecule has 0 aromatic heterocycles. The monoisotopic (exact) mass is 372 g/mol. The predicted molar refractivity (Wildman–Crippen MR) is 117 cm³/mol. The SMILES string of the molecule is CCCCCCCCCCCCCCOc1ccc(C2=NCCN2C)cc1. The van der Waals surface area contributed by atoms with Crippen LogP contribution >= 0.6 is 0 Å². The molecule has 27 heavy (non-hydrogen) atoms. The smallest absolute Gasteiger partial charge is 0.130 e. The number of ether oxygens (including phenoxy) is 1. The van der Waals surface area contributed by atoms with Crippen molar-refractivity contribution < 1.29 is 4.74 Å². The molecule has 0 saturated carbocycles. The van der Waals surface area contributed by atoms with Gasteiger partial charge in [-0.3, -0.25) is 4.99 Å². The largest absolute Gasteiger partial charge is 0.494 e. The van der Waals surface area contributed by atoms with Crippen LogP contribution in [0.1, 0.15) is 89.5 Å². The fraction of sp³-hybridized carbons (Fsp3) is 0.708. The van der Waals surface area contributed by atoms with E-state index in [-0.39, 0.29) is 0 Å². The average molecular weight is 373 g/mol. The molecule has 0 unspecified atom stereocenters. The standard InChI is InChI=1S/C24H40N2O/c1-3-4-5-6-7-8-9-10-11-12-13-14-21-27-23-17-15-22(16-18-23)24-25-19-20-26(24)2/h15-18H,3-14,19-21H2,1-2H3. The Hall–Kier alpha value is -1.51. The van der Waals surface area contributed by atoms with Gasteiger partial charge < -0.3 is 9.64 Å². The van der Waals surface area contributed by atoms with Gasteiger partial charge in [-0.2, -0.15) is 0 Å². The van der Waals surface area contributed by atoms with E-state index in [1.54, 1.807) is 0 Å². The lowest BCUT2D eigenvalue weighted by molar-refractivity contribution is 0.304. The third-order valence-electron chi connectivity index (χ3n) is 5.44. The number of nitrogens with zero attached hydrogens (tertiary/aromatic N) is 2. The van der Waals surface area contributed by atoms with Gasteiger partial charge in [-0.15, -0.1) is 0 Å². The number of hydrogen-bond donors (Lipinski definition) is 0. The molecule has 0 spiro atoms. The lowest BCUT2D eigenvalue weighted by Crippen LogP contribution is -2.23. The maximum atomic E-state index is 5.89. The molecule has 2 rings (SSSR count). The molecule has 1 aromatic carbocycles. The van der Waals surface area contributed by atoms with Crippen LogP contribution in [0.3, 0.4) is 0 Å². The van der Waals surface area contributed by atoms with Gasteiger partial charge in [0.15, 0.2) is 0 Å². The van der Waals surface area contributed by atoms with Gasteiger partial charge in [0.2, 0.25) is 0 Å². The van der Waals surface area contributed by atoms with E-state index in [1.165, 1.54) is 76.2 Å². The Morgan fingerprint density at radius 3 is 1.89 bits per heavy atom. The van der Waals surface area contributed by atoms with Crippen LogP contribution in [0.25, 0.3) is 0 Å². The van der Waals surface area contributed by atoms with Gasteiger partial charge in [-0.05, 0) is 30.7 Å². The lowest BCUT2D eigenvalue weighted by atomic mass is 10.1. The van der Waals surface area contributed by atoms with Crippen molar-refractivity contribution >= 4 is 5.84 Å². The number of amidine groups is 1. The number of rotatable bonds is 15. The highest BCUT2D eigenvalue weighted by Crippen LogP contribution is 2.17. The second-order valence-electron chi connectivity index (χ2n) is 7.89. The predicted octanol–water partition coefficient (Wildman–Crippen LogP) is 6.46. The van der Waals surface area contributed by atoms with Crippen molar-refractivity contribution in [2.75, 3.05) is 26.7 Å². The lowest BCUT2D eigenvalue weighted by Gasteiger charge is -2.14. The summed E-state index contributed by atoms with van der Waals surface area (Å²) in [6.07, 6.45) is 16.5. The molecule has 3 heteroatoms. The molecule has 152 valence electrons. The highest BCUT2D eigenvalue weighted by Gasteiger charge is 2.14. The molecular formula is C24H40N2O. The summed E-state index contributed by atoms with van der Waals surface area (Å²) in [5.74, 6) is 2.07. The molecule has 0 fully saturated rings. The number of hydrogen-bond acceptors (Lipinski definition) is 3. The molecule has 0 amide bonds. The molecule has 0 radical (unpaired) electrons. The Labute approximate surface area is 167 Å². The van der Waals surface area contributed by atoms with Crippen molar-refractivity contribution in [3.05, 3.63) is 29.8 Å². The topological polar surface area (TPSA) is 24.8 Å². The summed E-state index contributed by atoms with van der Waals surface area (Å²) >= 11 is 0. The first-order valence-corrected chi connectivity index (χ1v) is 11.3. The molecule has 0 N–H and O–H groups in total. The minimum absolute atomic E-state index is 0.831. The fourth-order valence-electron chi connectivity index (χ4n) is 3.68. The van der Waals surface area contributed by atoms with Gasteiger partial charge in [0.1, 0.15) is 11.6 Å². The Morgan fingerprint density at radius 2 is 1.37 bits per heavy atom. The summed E-state index contributed by atoms with van der Waals surface area (Å²) in [7, 11) is 2.10. The van der Waals surface area contributed by atoms with E-state index in [1.807, 2.05) is 0 Å². The number of benzene rings is 1. The minimum Gasteiger partial charge on any atom is -0.494 e. The van der Waals surface area contributed by atoms with Crippen molar-refractivity contribution in [1.82, 2.24) is 4.90 Å². The van der Waals surface area contributed by atoms with Crippen LogP contribution in [0, 0.1) is 0 Å². The highest BCUT2D eigenvalue weighted by molar-refractivity contribution is 5.99. The van der Waals surface area contributed by atoms with Crippen molar-refractivity contribution in [3.8, 4) is 5.75 Å². The van der Waals surface area contributed by atoms with Crippen molar-refractivity contribution in [2.45, 2.75) is 84.0 Å². The van der Waals surface area contributed by atoms with E-state index in [0.717, 1.165) is 37.7 Å². The van der Waals surface area contributed by atoms with Crippen molar-refractivity contribution in [2.24, 2.45) is 4.99 Å². The quantitative estimate of drug-likeness (QED) is 0.330. The molecule has 1 aliphatic rings. The number of likely N-dealkylation sites (N-methyl/N-ethyl adjacent to an activating group) is 1. The van der Waals surface area contributed by atoms with Crippen molar-refractivity contribution in [1.29, 1.82) is 0 Å². The van der Waals surface area contributed by atoms with E-state index in [4.69, 9.17) is 4.74 Å². The Balaban J connectivity index is 1.43. The third kappa shape index (κ3) is 8.81. The summed E-state index contributed by atoms with van der Waals surface area (Å²) in [5, 5.41) is 0. The summed E-state index contributed by atoms with van der Waals surface area (Å²) in [4.78, 5) is 6.77. The molecule has 1 aromatic rings. The first kappa shape index (κ1) is 21.8. The van der Waals surface area contributed by atoms with Crippen molar-refractivity contribution in [3.63, 3.8) is 0 Å². The van der Waals surface area contributed by atoms with Gasteiger partial charge >= 0.3 is 0 Å². The molecule has 0 saturated heterocycles. The van der Waals surface area contributed by atoms with Gasteiger partial charge in [0.05, 0.1) is 13.2 Å². The van der Waals surface area contributed by atoms with E-state index in [0.29, 0.717) is 0 Å². The molecule has 3 nitrogen and oxygen atoms in total. The Kier molecular flexibility index (Phi) is 11.0. The molecule has 1 aliphatic heterocycles. The van der Waals surface area contributed by atoms with Gasteiger partial charge in [-0.1, -0.05) is 77.6 Å². The first-order valence-electron chi connectivity index (χ1n) is 11.3. The maximum Gasteiger partial charge on any atom is 0.130 e. The van der Waals surface area contributed by atoms with Crippen LogP contribution in [0.4, 0.5) is 0 Å².